The molecule has 0 aliphatic carbocycles. The minimum absolute atomic E-state index is 0.375. The summed E-state index contributed by atoms with van der Waals surface area (Å²) >= 11 is 11.9. The van der Waals surface area contributed by atoms with Gasteiger partial charge in [0.15, 0.2) is 0 Å². The number of halogens is 2. The van der Waals surface area contributed by atoms with Crippen LogP contribution < -0.4 is 15.5 Å². The van der Waals surface area contributed by atoms with Crippen LogP contribution in [0.2, 0.25) is 10.0 Å². The van der Waals surface area contributed by atoms with E-state index in [2.05, 4.69) is 15.8 Å². The zero-order valence-electron chi connectivity index (χ0n) is 15.1. The second-order valence-electron chi connectivity index (χ2n) is 5.72. The molecule has 0 spiro atoms. The van der Waals surface area contributed by atoms with E-state index in [1.54, 1.807) is 54.6 Å². The first kappa shape index (κ1) is 20.4. The maximum absolute atomic E-state index is 11.9. The molecule has 0 unspecified atom stereocenters. The first-order valence-corrected chi connectivity index (χ1v) is 9.05. The summed E-state index contributed by atoms with van der Waals surface area (Å²) in [6.45, 7) is 0. The molecule has 2 amide bonds. The molecule has 0 fully saturated rings. The number of anilines is 1. The molecule has 0 aliphatic rings. The third-order valence-corrected chi connectivity index (χ3v) is 4.46. The number of hydrogen-bond donors (Lipinski definition) is 2. The smallest absolute Gasteiger partial charge is 0.329 e. The lowest BCUT2D eigenvalue weighted by Gasteiger charge is -2.05. The average molecular weight is 432 g/mol. The van der Waals surface area contributed by atoms with Crippen LogP contribution in [0.15, 0.2) is 64.1 Å². The van der Waals surface area contributed by atoms with Gasteiger partial charge in [-0.25, -0.2) is 5.43 Å². The first-order valence-electron chi connectivity index (χ1n) is 8.30. The molecule has 2 N–H and O–H groups in total. The summed E-state index contributed by atoms with van der Waals surface area (Å²) < 4.78 is 10.7. The van der Waals surface area contributed by atoms with Crippen molar-refractivity contribution in [3.63, 3.8) is 0 Å². The van der Waals surface area contributed by atoms with E-state index in [0.717, 1.165) is 5.56 Å². The Labute approximate surface area is 176 Å². The molecule has 1 heterocycles. The van der Waals surface area contributed by atoms with Crippen molar-refractivity contribution in [2.45, 2.75) is 0 Å². The van der Waals surface area contributed by atoms with E-state index in [9.17, 15) is 9.59 Å². The molecule has 29 heavy (non-hydrogen) atoms. The summed E-state index contributed by atoms with van der Waals surface area (Å²) in [7, 11) is 1.50. The van der Waals surface area contributed by atoms with Gasteiger partial charge in [-0.1, -0.05) is 29.3 Å². The minimum atomic E-state index is -0.930. The van der Waals surface area contributed by atoms with Crippen LogP contribution in [0, 0.1) is 0 Å². The van der Waals surface area contributed by atoms with E-state index in [1.807, 2.05) is 0 Å². The quantitative estimate of drug-likeness (QED) is 0.356. The number of nitrogens with zero attached hydrogens (tertiary/aromatic N) is 1. The van der Waals surface area contributed by atoms with Crippen molar-refractivity contribution in [1.82, 2.24) is 5.43 Å². The molecule has 0 atom stereocenters. The second kappa shape index (κ2) is 9.27. The highest BCUT2D eigenvalue weighted by molar-refractivity contribution is 6.42. The van der Waals surface area contributed by atoms with E-state index < -0.39 is 11.8 Å². The molecule has 0 bridgehead atoms. The number of benzene rings is 2. The summed E-state index contributed by atoms with van der Waals surface area (Å²) in [5.41, 5.74) is 3.29. The Morgan fingerprint density at radius 1 is 1.03 bits per heavy atom. The molecule has 0 saturated heterocycles. The van der Waals surface area contributed by atoms with E-state index in [-0.39, 0.29) is 0 Å². The third kappa shape index (κ3) is 5.37. The van der Waals surface area contributed by atoms with Gasteiger partial charge in [-0.2, -0.15) is 5.10 Å². The SMILES string of the molecule is COc1cccc(NC(=O)C(=O)N/N=C/c2ccc(-c3ccc(Cl)c(Cl)c3)o2)c1. The Balaban J connectivity index is 1.58. The molecule has 7 nitrogen and oxygen atoms in total. The maximum Gasteiger partial charge on any atom is 0.329 e. The van der Waals surface area contributed by atoms with E-state index in [0.29, 0.717) is 33.0 Å². The highest BCUT2D eigenvalue weighted by Crippen LogP contribution is 2.29. The van der Waals surface area contributed by atoms with Crippen molar-refractivity contribution in [2.24, 2.45) is 5.10 Å². The molecular weight excluding hydrogens is 417 g/mol. The molecule has 0 saturated carbocycles. The molecule has 0 aliphatic heterocycles. The Kier molecular flexibility index (Phi) is 6.54. The van der Waals surface area contributed by atoms with Gasteiger partial charge < -0.3 is 14.5 Å². The van der Waals surface area contributed by atoms with Crippen molar-refractivity contribution in [1.29, 1.82) is 0 Å². The van der Waals surface area contributed by atoms with Gasteiger partial charge in [-0.3, -0.25) is 9.59 Å². The Morgan fingerprint density at radius 3 is 2.62 bits per heavy atom. The first-order chi connectivity index (χ1) is 14.0. The normalized spacial score (nSPS) is 10.7. The van der Waals surface area contributed by atoms with Gasteiger partial charge in [-0.15, -0.1) is 0 Å². The van der Waals surface area contributed by atoms with Crippen LogP contribution in [0.3, 0.4) is 0 Å². The molecule has 1 aromatic heterocycles. The number of hydrazone groups is 1. The maximum atomic E-state index is 11.9. The van der Waals surface area contributed by atoms with Gasteiger partial charge in [0.1, 0.15) is 17.3 Å². The van der Waals surface area contributed by atoms with Crippen LogP contribution in [-0.2, 0) is 9.59 Å². The van der Waals surface area contributed by atoms with Crippen LogP contribution in [0.5, 0.6) is 5.75 Å². The summed E-state index contributed by atoms with van der Waals surface area (Å²) in [6.07, 6.45) is 1.28. The lowest BCUT2D eigenvalue weighted by molar-refractivity contribution is -0.136. The summed E-state index contributed by atoms with van der Waals surface area (Å²) in [4.78, 5) is 23.8. The summed E-state index contributed by atoms with van der Waals surface area (Å²) in [5, 5.41) is 7.03. The fraction of sp³-hybridized carbons (Fsp3) is 0.0500. The van der Waals surface area contributed by atoms with E-state index in [4.69, 9.17) is 32.4 Å². The molecule has 3 aromatic rings. The fourth-order valence-corrected chi connectivity index (χ4v) is 2.62. The van der Waals surface area contributed by atoms with Crippen LogP contribution in [0.1, 0.15) is 5.76 Å². The largest absolute Gasteiger partial charge is 0.497 e. The van der Waals surface area contributed by atoms with Crippen molar-refractivity contribution in [3.8, 4) is 17.1 Å². The molecular formula is C20H15Cl2N3O4. The van der Waals surface area contributed by atoms with Gasteiger partial charge in [0.2, 0.25) is 0 Å². The van der Waals surface area contributed by atoms with E-state index >= 15 is 0 Å². The molecule has 3 rings (SSSR count). The predicted octanol–water partition coefficient (Wildman–Crippen LogP) is 4.35. The van der Waals surface area contributed by atoms with Crippen molar-refractivity contribution in [3.05, 3.63) is 70.4 Å². The Bertz CT molecular complexity index is 1080. The Morgan fingerprint density at radius 2 is 1.86 bits per heavy atom. The number of rotatable bonds is 5. The monoisotopic (exact) mass is 431 g/mol. The standard InChI is InChI=1S/C20H15Cl2N3O4/c1-28-14-4-2-3-13(10-14)24-19(26)20(27)25-23-11-15-6-8-18(29-15)12-5-7-16(21)17(22)9-12/h2-11H,1H3,(H,24,26)(H,25,27)/b23-11+. The Hall–Kier alpha value is -3.29. The lowest BCUT2D eigenvalue weighted by atomic mass is 10.2. The zero-order chi connectivity index (χ0) is 20.8. The molecule has 9 heteroatoms. The number of hydrogen-bond acceptors (Lipinski definition) is 5. The summed E-state index contributed by atoms with van der Waals surface area (Å²) in [6, 6.07) is 15.1. The zero-order valence-corrected chi connectivity index (χ0v) is 16.6. The number of nitrogens with one attached hydrogen (secondary N) is 2. The van der Waals surface area contributed by atoms with Crippen LogP contribution >= 0.6 is 23.2 Å². The van der Waals surface area contributed by atoms with Crippen LogP contribution in [-0.4, -0.2) is 25.1 Å². The number of amides is 2. The highest BCUT2D eigenvalue weighted by Gasteiger charge is 2.13. The van der Waals surface area contributed by atoms with Crippen molar-refractivity contribution < 1.29 is 18.7 Å². The van der Waals surface area contributed by atoms with Gasteiger partial charge >= 0.3 is 11.8 Å². The number of carbonyl (C=O) groups is 2. The minimum Gasteiger partial charge on any atom is -0.497 e. The molecule has 2 aromatic carbocycles. The summed E-state index contributed by atoms with van der Waals surface area (Å²) in [5.74, 6) is -0.324. The fourth-order valence-electron chi connectivity index (χ4n) is 2.32. The number of carbonyl (C=O) groups excluding carboxylic acids is 2. The van der Waals surface area contributed by atoms with Crippen LogP contribution in [0.4, 0.5) is 5.69 Å². The van der Waals surface area contributed by atoms with Crippen molar-refractivity contribution >= 4 is 46.9 Å². The second-order valence-corrected chi connectivity index (χ2v) is 6.53. The van der Waals surface area contributed by atoms with Gasteiger partial charge in [0.25, 0.3) is 0 Å². The third-order valence-electron chi connectivity index (χ3n) is 3.72. The van der Waals surface area contributed by atoms with Gasteiger partial charge in [0.05, 0.1) is 23.4 Å². The van der Waals surface area contributed by atoms with E-state index in [1.165, 1.54) is 13.3 Å². The number of ether oxygens (including phenoxy) is 1. The van der Waals surface area contributed by atoms with Gasteiger partial charge in [0, 0.05) is 17.3 Å². The molecule has 0 radical (unpaired) electrons. The number of furan rings is 1. The molecule has 148 valence electrons. The average Bonchev–Trinajstić information content (AvgIpc) is 3.19. The van der Waals surface area contributed by atoms with Crippen molar-refractivity contribution in [2.75, 3.05) is 12.4 Å². The van der Waals surface area contributed by atoms with Gasteiger partial charge in [-0.05, 0) is 42.5 Å². The highest BCUT2D eigenvalue weighted by atomic mass is 35.5. The lowest BCUT2D eigenvalue weighted by Crippen LogP contribution is -2.32. The van der Waals surface area contributed by atoms with Crippen LogP contribution in [0.25, 0.3) is 11.3 Å². The topological polar surface area (TPSA) is 92.9 Å². The number of methoxy groups -OCH3 is 1. The predicted molar refractivity (Wildman–Crippen MR) is 112 cm³/mol.